The van der Waals surface area contributed by atoms with Gasteiger partial charge in [0.15, 0.2) is 11.6 Å². The van der Waals surface area contributed by atoms with Crippen LogP contribution in [0.3, 0.4) is 0 Å². The van der Waals surface area contributed by atoms with Crippen LogP contribution in [0.4, 0.5) is 4.39 Å². The first kappa shape index (κ1) is 15.9. The van der Waals surface area contributed by atoms with Gasteiger partial charge in [-0.25, -0.2) is 9.37 Å². The third kappa shape index (κ3) is 3.41. The van der Waals surface area contributed by atoms with Crippen LogP contribution in [0.1, 0.15) is 43.1 Å². The van der Waals surface area contributed by atoms with E-state index in [1.54, 1.807) is 17.4 Å². The second-order valence-corrected chi connectivity index (χ2v) is 6.83. The highest BCUT2D eigenvalue weighted by Crippen LogP contribution is 2.31. The molecule has 1 heterocycles. The Morgan fingerprint density at radius 3 is 2.52 bits per heavy atom. The summed E-state index contributed by atoms with van der Waals surface area (Å²) in [4.78, 5) is 4.70. The number of nitrogens with zero attached hydrogens (tertiary/aromatic N) is 1. The maximum absolute atomic E-state index is 13.9. The molecule has 0 aliphatic rings. The van der Waals surface area contributed by atoms with Gasteiger partial charge in [0, 0.05) is 10.8 Å². The van der Waals surface area contributed by atoms with Crippen molar-refractivity contribution in [3.63, 3.8) is 0 Å². The molecule has 1 unspecified atom stereocenters. The number of hydrogen-bond acceptors (Lipinski definition) is 4. The molecule has 114 valence electrons. The van der Waals surface area contributed by atoms with E-state index >= 15 is 0 Å². The lowest BCUT2D eigenvalue weighted by atomic mass is 9.93. The fraction of sp³-hybridized carbons (Fsp3) is 0.438. The molecule has 5 heteroatoms. The quantitative estimate of drug-likeness (QED) is 0.930. The molecule has 0 bridgehead atoms. The van der Waals surface area contributed by atoms with E-state index < -0.39 is 0 Å². The van der Waals surface area contributed by atoms with Crippen molar-refractivity contribution in [3.8, 4) is 5.75 Å². The standard InChI is InChI=1S/C16H21FN2OS/c1-16(2,3)13-9-21-15(19-13)14(18-4)10-6-7-12(20-5)11(17)8-10/h6-9,14,18H,1-5H3. The number of methoxy groups -OCH3 is 1. The van der Waals surface area contributed by atoms with Gasteiger partial charge in [-0.2, -0.15) is 0 Å². The van der Waals surface area contributed by atoms with Crippen molar-refractivity contribution in [3.05, 3.63) is 45.7 Å². The topological polar surface area (TPSA) is 34.1 Å². The summed E-state index contributed by atoms with van der Waals surface area (Å²) in [5, 5.41) is 6.21. The lowest BCUT2D eigenvalue weighted by molar-refractivity contribution is 0.386. The van der Waals surface area contributed by atoms with E-state index in [0.29, 0.717) is 0 Å². The van der Waals surface area contributed by atoms with Crippen molar-refractivity contribution in [1.29, 1.82) is 0 Å². The Morgan fingerprint density at radius 2 is 2.05 bits per heavy atom. The number of ether oxygens (including phenoxy) is 1. The minimum absolute atomic E-state index is 0.0121. The lowest BCUT2D eigenvalue weighted by Gasteiger charge is -2.17. The number of nitrogens with one attached hydrogen (secondary N) is 1. The molecule has 3 nitrogen and oxygen atoms in total. The van der Waals surface area contributed by atoms with Crippen molar-refractivity contribution in [2.24, 2.45) is 0 Å². The van der Waals surface area contributed by atoms with Crippen LogP contribution >= 0.6 is 11.3 Å². The molecule has 0 amide bonds. The van der Waals surface area contributed by atoms with Gasteiger partial charge in [0.1, 0.15) is 5.01 Å². The second kappa shape index (κ2) is 6.12. The molecule has 0 spiro atoms. The van der Waals surface area contributed by atoms with Crippen LogP contribution in [0, 0.1) is 5.82 Å². The summed E-state index contributed by atoms with van der Waals surface area (Å²) in [6, 6.07) is 4.89. The van der Waals surface area contributed by atoms with Crippen molar-refractivity contribution < 1.29 is 9.13 Å². The summed E-state index contributed by atoms with van der Waals surface area (Å²) in [6.07, 6.45) is 0. The molecule has 1 aromatic carbocycles. The fourth-order valence-corrected chi connectivity index (χ4v) is 3.24. The van der Waals surface area contributed by atoms with Crippen LogP contribution in [-0.4, -0.2) is 19.1 Å². The van der Waals surface area contributed by atoms with E-state index in [4.69, 9.17) is 9.72 Å². The summed E-state index contributed by atoms with van der Waals surface area (Å²) in [7, 11) is 3.31. The second-order valence-electron chi connectivity index (χ2n) is 5.94. The van der Waals surface area contributed by atoms with Crippen molar-refractivity contribution in [2.45, 2.75) is 32.2 Å². The summed E-state index contributed by atoms with van der Waals surface area (Å²) in [5.41, 5.74) is 1.90. The maximum Gasteiger partial charge on any atom is 0.165 e. The van der Waals surface area contributed by atoms with E-state index in [-0.39, 0.29) is 23.0 Å². The van der Waals surface area contributed by atoms with Gasteiger partial charge in [-0.3, -0.25) is 0 Å². The Kier molecular flexibility index (Phi) is 4.64. The van der Waals surface area contributed by atoms with Crippen LogP contribution in [0.15, 0.2) is 23.6 Å². The Bertz CT molecular complexity index is 619. The lowest BCUT2D eigenvalue weighted by Crippen LogP contribution is -2.19. The van der Waals surface area contributed by atoms with E-state index in [1.165, 1.54) is 13.2 Å². The monoisotopic (exact) mass is 308 g/mol. The summed E-state index contributed by atoms with van der Waals surface area (Å²) in [5.74, 6) is -0.106. The molecule has 0 saturated carbocycles. The first-order chi connectivity index (χ1) is 9.86. The third-order valence-corrected chi connectivity index (χ3v) is 4.24. The van der Waals surface area contributed by atoms with Gasteiger partial charge in [0.25, 0.3) is 0 Å². The highest BCUT2D eigenvalue weighted by Gasteiger charge is 2.22. The van der Waals surface area contributed by atoms with Crippen LogP contribution in [-0.2, 0) is 5.41 Å². The Balaban J connectivity index is 2.35. The largest absolute Gasteiger partial charge is 0.494 e. The minimum atomic E-state index is -0.358. The molecule has 0 aliphatic carbocycles. The minimum Gasteiger partial charge on any atom is -0.494 e. The molecule has 1 aromatic heterocycles. The normalized spacial score (nSPS) is 13.2. The Labute approximate surface area is 129 Å². The van der Waals surface area contributed by atoms with Gasteiger partial charge in [-0.05, 0) is 24.7 Å². The van der Waals surface area contributed by atoms with Crippen molar-refractivity contribution in [2.75, 3.05) is 14.2 Å². The molecule has 1 atom stereocenters. The molecule has 21 heavy (non-hydrogen) atoms. The van der Waals surface area contributed by atoms with Crippen LogP contribution in [0.5, 0.6) is 5.75 Å². The predicted octanol–water partition coefficient (Wildman–Crippen LogP) is 3.90. The zero-order valence-corrected chi connectivity index (χ0v) is 13.8. The number of thiazole rings is 1. The summed E-state index contributed by atoms with van der Waals surface area (Å²) in [6.45, 7) is 6.40. The van der Waals surface area contributed by atoms with E-state index in [2.05, 4.69) is 31.5 Å². The summed E-state index contributed by atoms with van der Waals surface area (Å²) >= 11 is 1.59. The molecule has 2 rings (SSSR count). The van der Waals surface area contributed by atoms with Gasteiger partial charge in [0.2, 0.25) is 0 Å². The fourth-order valence-electron chi connectivity index (χ4n) is 2.06. The van der Waals surface area contributed by atoms with Crippen molar-refractivity contribution >= 4 is 11.3 Å². The number of halogens is 1. The Morgan fingerprint density at radius 1 is 1.33 bits per heavy atom. The maximum atomic E-state index is 13.9. The van der Waals surface area contributed by atoms with E-state index in [9.17, 15) is 4.39 Å². The van der Waals surface area contributed by atoms with Gasteiger partial charge in [-0.1, -0.05) is 26.8 Å². The summed E-state index contributed by atoms with van der Waals surface area (Å²) < 4.78 is 18.8. The van der Waals surface area contributed by atoms with Gasteiger partial charge in [0.05, 0.1) is 18.8 Å². The molecule has 0 fully saturated rings. The zero-order chi connectivity index (χ0) is 15.6. The van der Waals surface area contributed by atoms with Crippen LogP contribution in [0.2, 0.25) is 0 Å². The number of hydrogen-bond donors (Lipinski definition) is 1. The molecule has 2 aromatic rings. The van der Waals surface area contributed by atoms with Crippen molar-refractivity contribution in [1.82, 2.24) is 10.3 Å². The predicted molar refractivity (Wildman–Crippen MR) is 84.7 cm³/mol. The molecule has 0 radical (unpaired) electrons. The number of benzene rings is 1. The third-order valence-electron chi connectivity index (χ3n) is 3.34. The molecular formula is C16H21FN2OS. The highest BCUT2D eigenvalue weighted by atomic mass is 32.1. The van der Waals surface area contributed by atoms with Gasteiger partial charge < -0.3 is 10.1 Å². The molecule has 0 aliphatic heterocycles. The smallest absolute Gasteiger partial charge is 0.165 e. The highest BCUT2D eigenvalue weighted by molar-refractivity contribution is 7.09. The van der Waals surface area contributed by atoms with E-state index in [0.717, 1.165) is 16.3 Å². The van der Waals surface area contributed by atoms with E-state index in [1.807, 2.05) is 13.1 Å². The zero-order valence-electron chi connectivity index (χ0n) is 13.0. The Hall–Kier alpha value is -1.46. The van der Waals surface area contributed by atoms with Gasteiger partial charge in [-0.15, -0.1) is 11.3 Å². The van der Waals surface area contributed by atoms with Gasteiger partial charge >= 0.3 is 0 Å². The molecule has 1 N–H and O–H groups in total. The number of aromatic nitrogens is 1. The average Bonchev–Trinajstić information content (AvgIpc) is 2.89. The van der Waals surface area contributed by atoms with Crippen LogP contribution in [0.25, 0.3) is 0 Å². The molecule has 0 saturated heterocycles. The first-order valence-corrected chi connectivity index (χ1v) is 7.71. The number of rotatable bonds is 4. The SMILES string of the molecule is CNC(c1ccc(OC)c(F)c1)c1nc(C(C)(C)C)cs1. The average molecular weight is 308 g/mol. The van der Waals surface area contributed by atoms with Crippen LogP contribution < -0.4 is 10.1 Å². The first-order valence-electron chi connectivity index (χ1n) is 6.83. The molecular weight excluding hydrogens is 287 g/mol.